The van der Waals surface area contributed by atoms with Crippen LogP contribution < -0.4 is 5.32 Å². The average molecular weight is 475 g/mol. The summed E-state index contributed by atoms with van der Waals surface area (Å²) in [5, 5.41) is 3.24. The van der Waals surface area contributed by atoms with Crippen molar-refractivity contribution in [1.82, 2.24) is 10.3 Å². The highest BCUT2D eigenvalue weighted by molar-refractivity contribution is 5.80. The van der Waals surface area contributed by atoms with Gasteiger partial charge in [-0.1, -0.05) is 74.5 Å². The largest absolute Gasteiger partial charge is 0.465 e. The molecule has 35 heavy (non-hydrogen) atoms. The first-order valence-electron chi connectivity index (χ1n) is 12.1. The Hall–Kier alpha value is -3.51. The summed E-state index contributed by atoms with van der Waals surface area (Å²) in [5.41, 5.74) is 3.95. The molecule has 6 nitrogen and oxygen atoms in total. The van der Waals surface area contributed by atoms with E-state index in [4.69, 9.17) is 9.47 Å². The van der Waals surface area contributed by atoms with E-state index in [-0.39, 0.29) is 31.1 Å². The number of carbonyl (C=O) groups is 2. The SMILES string of the molecule is CCOC(=O)C(Cc1ccc(-c2cccnc2)cc1)N[C@@H](CC(C)C)C(=O)OCc1ccccc1. The second-order valence-electron chi connectivity index (χ2n) is 8.89. The molecule has 0 saturated heterocycles. The lowest BCUT2D eigenvalue weighted by Gasteiger charge is -2.25. The van der Waals surface area contributed by atoms with Gasteiger partial charge in [0.1, 0.15) is 18.7 Å². The van der Waals surface area contributed by atoms with E-state index in [2.05, 4.69) is 10.3 Å². The van der Waals surface area contributed by atoms with E-state index in [0.717, 1.165) is 22.3 Å². The fraction of sp³-hybridized carbons (Fsp3) is 0.345. The third kappa shape index (κ3) is 8.34. The normalized spacial score (nSPS) is 12.7. The van der Waals surface area contributed by atoms with E-state index in [0.29, 0.717) is 12.8 Å². The number of hydrogen-bond acceptors (Lipinski definition) is 6. The van der Waals surface area contributed by atoms with Crippen molar-refractivity contribution in [3.8, 4) is 11.1 Å². The minimum Gasteiger partial charge on any atom is -0.465 e. The van der Waals surface area contributed by atoms with Crippen molar-refractivity contribution in [1.29, 1.82) is 0 Å². The Morgan fingerprint density at radius 2 is 1.54 bits per heavy atom. The molecule has 0 aliphatic carbocycles. The smallest absolute Gasteiger partial charge is 0.323 e. The van der Waals surface area contributed by atoms with Gasteiger partial charge in [-0.25, -0.2) is 0 Å². The fourth-order valence-electron chi connectivity index (χ4n) is 3.83. The van der Waals surface area contributed by atoms with Crippen molar-refractivity contribution in [3.63, 3.8) is 0 Å². The lowest BCUT2D eigenvalue weighted by Crippen LogP contribution is -2.50. The van der Waals surface area contributed by atoms with Gasteiger partial charge in [0.2, 0.25) is 0 Å². The van der Waals surface area contributed by atoms with Crippen LogP contribution in [0.3, 0.4) is 0 Å². The molecule has 2 aromatic carbocycles. The summed E-state index contributed by atoms with van der Waals surface area (Å²) in [6, 6.07) is 20.1. The van der Waals surface area contributed by atoms with Crippen LogP contribution >= 0.6 is 0 Å². The van der Waals surface area contributed by atoms with Gasteiger partial charge in [-0.3, -0.25) is 19.9 Å². The van der Waals surface area contributed by atoms with Crippen LogP contribution in [0.4, 0.5) is 0 Å². The lowest BCUT2D eigenvalue weighted by molar-refractivity contribution is -0.150. The molecule has 0 fully saturated rings. The van der Waals surface area contributed by atoms with E-state index >= 15 is 0 Å². The van der Waals surface area contributed by atoms with Gasteiger partial charge in [0.15, 0.2) is 0 Å². The molecule has 0 spiro atoms. The molecule has 1 N–H and O–H groups in total. The molecular formula is C29H34N2O4. The number of carbonyl (C=O) groups excluding carboxylic acids is 2. The van der Waals surface area contributed by atoms with E-state index in [1.54, 1.807) is 13.1 Å². The minimum atomic E-state index is -0.674. The van der Waals surface area contributed by atoms with Gasteiger partial charge < -0.3 is 9.47 Å². The summed E-state index contributed by atoms with van der Waals surface area (Å²) in [5.74, 6) is -0.518. The number of nitrogens with zero attached hydrogens (tertiary/aromatic N) is 1. The number of esters is 2. The number of nitrogens with one attached hydrogen (secondary N) is 1. The zero-order valence-electron chi connectivity index (χ0n) is 20.6. The molecule has 0 radical (unpaired) electrons. The Morgan fingerprint density at radius 3 is 2.17 bits per heavy atom. The maximum absolute atomic E-state index is 13.0. The Labute approximate surface area is 207 Å². The lowest BCUT2D eigenvalue weighted by atomic mass is 9.99. The standard InChI is InChI=1S/C29H34N2O4/c1-4-34-28(32)27(18-22-12-14-24(15-13-22)25-11-8-16-30-19-25)31-26(17-21(2)3)29(33)35-20-23-9-6-5-7-10-23/h5-16,19,21,26-27,31H,4,17-18,20H2,1-3H3/t26-,27?/m0/s1. The summed E-state index contributed by atoms with van der Waals surface area (Å²) in [6.45, 7) is 6.31. The number of aromatic nitrogens is 1. The molecule has 184 valence electrons. The molecule has 0 aliphatic rings. The van der Waals surface area contributed by atoms with Crippen LogP contribution in [0.2, 0.25) is 0 Å². The average Bonchev–Trinajstić information content (AvgIpc) is 2.88. The first kappa shape index (κ1) is 26.1. The third-order valence-corrected chi connectivity index (χ3v) is 5.58. The molecule has 2 atom stereocenters. The summed E-state index contributed by atoms with van der Waals surface area (Å²) < 4.78 is 10.9. The molecular weight excluding hydrogens is 440 g/mol. The topological polar surface area (TPSA) is 77.5 Å². The van der Waals surface area contributed by atoms with Crippen LogP contribution in [0, 0.1) is 5.92 Å². The summed E-state index contributed by atoms with van der Waals surface area (Å²) in [4.78, 5) is 30.0. The van der Waals surface area contributed by atoms with Crippen LogP contribution in [-0.2, 0) is 32.1 Å². The van der Waals surface area contributed by atoms with Gasteiger partial charge in [-0.15, -0.1) is 0 Å². The molecule has 1 heterocycles. The van der Waals surface area contributed by atoms with Crippen LogP contribution in [-0.4, -0.2) is 35.6 Å². The first-order valence-corrected chi connectivity index (χ1v) is 12.1. The zero-order valence-corrected chi connectivity index (χ0v) is 20.6. The third-order valence-electron chi connectivity index (χ3n) is 5.58. The number of pyridine rings is 1. The Bertz CT molecular complexity index is 1050. The van der Waals surface area contributed by atoms with Crippen molar-refractivity contribution in [3.05, 3.63) is 90.3 Å². The van der Waals surface area contributed by atoms with Crippen molar-refractivity contribution in [2.24, 2.45) is 5.92 Å². The predicted molar refractivity (Wildman–Crippen MR) is 136 cm³/mol. The molecule has 0 amide bonds. The van der Waals surface area contributed by atoms with Gasteiger partial charge in [0.05, 0.1) is 6.61 Å². The van der Waals surface area contributed by atoms with Crippen LogP contribution in [0.15, 0.2) is 79.1 Å². The quantitative estimate of drug-likeness (QED) is 0.374. The van der Waals surface area contributed by atoms with Gasteiger partial charge >= 0.3 is 11.9 Å². The molecule has 0 aliphatic heterocycles. The Morgan fingerprint density at radius 1 is 0.829 bits per heavy atom. The minimum absolute atomic E-state index is 0.190. The zero-order chi connectivity index (χ0) is 25.0. The van der Waals surface area contributed by atoms with Crippen molar-refractivity contribution in [2.45, 2.75) is 52.3 Å². The maximum atomic E-state index is 13.0. The molecule has 0 bridgehead atoms. The van der Waals surface area contributed by atoms with Gasteiger partial charge in [0, 0.05) is 12.4 Å². The van der Waals surface area contributed by atoms with Crippen LogP contribution in [0.5, 0.6) is 0 Å². The second kappa shape index (κ2) is 13.4. The highest BCUT2D eigenvalue weighted by atomic mass is 16.5. The van der Waals surface area contributed by atoms with Gasteiger partial charge in [-0.05, 0) is 54.0 Å². The Balaban J connectivity index is 1.72. The van der Waals surface area contributed by atoms with Crippen molar-refractivity contribution < 1.29 is 19.1 Å². The van der Waals surface area contributed by atoms with Gasteiger partial charge in [-0.2, -0.15) is 0 Å². The molecule has 6 heteroatoms. The number of rotatable bonds is 12. The number of benzene rings is 2. The highest BCUT2D eigenvalue weighted by Crippen LogP contribution is 2.19. The van der Waals surface area contributed by atoms with Gasteiger partial charge in [0.25, 0.3) is 0 Å². The van der Waals surface area contributed by atoms with E-state index in [9.17, 15) is 9.59 Å². The van der Waals surface area contributed by atoms with E-state index in [1.165, 1.54) is 0 Å². The van der Waals surface area contributed by atoms with E-state index < -0.39 is 12.1 Å². The second-order valence-corrected chi connectivity index (χ2v) is 8.89. The van der Waals surface area contributed by atoms with Crippen LogP contribution in [0.25, 0.3) is 11.1 Å². The molecule has 1 aromatic heterocycles. The fourth-order valence-corrected chi connectivity index (χ4v) is 3.83. The predicted octanol–water partition coefficient (Wildman–Crippen LogP) is 4.97. The van der Waals surface area contributed by atoms with Crippen molar-refractivity contribution >= 4 is 11.9 Å². The Kier molecular flexibility index (Phi) is 9.99. The van der Waals surface area contributed by atoms with Crippen molar-refractivity contribution in [2.75, 3.05) is 6.61 Å². The number of hydrogen-bond donors (Lipinski definition) is 1. The molecule has 0 saturated carbocycles. The monoisotopic (exact) mass is 474 g/mol. The van der Waals surface area contributed by atoms with E-state index in [1.807, 2.05) is 86.8 Å². The summed E-state index contributed by atoms with van der Waals surface area (Å²) in [7, 11) is 0. The maximum Gasteiger partial charge on any atom is 0.323 e. The summed E-state index contributed by atoms with van der Waals surface area (Å²) >= 11 is 0. The molecule has 3 aromatic rings. The molecule has 1 unspecified atom stereocenters. The number of ether oxygens (including phenoxy) is 2. The van der Waals surface area contributed by atoms with Crippen LogP contribution in [0.1, 0.15) is 38.3 Å². The highest BCUT2D eigenvalue weighted by Gasteiger charge is 2.29. The first-order chi connectivity index (χ1) is 17.0. The molecule has 3 rings (SSSR count). The summed E-state index contributed by atoms with van der Waals surface area (Å²) in [6.07, 6.45) is 4.50.